The van der Waals surface area contributed by atoms with Gasteiger partial charge in [0.1, 0.15) is 0 Å². The topological polar surface area (TPSA) is 60.7 Å². The van der Waals surface area contributed by atoms with Crippen LogP contribution >= 0.6 is 0 Å². The Balaban J connectivity index is 2.21. The van der Waals surface area contributed by atoms with Crippen LogP contribution < -0.4 is 0 Å². The molecule has 0 aromatic heterocycles. The van der Waals surface area contributed by atoms with Crippen LogP contribution in [0.2, 0.25) is 0 Å². The van der Waals surface area contributed by atoms with Crippen molar-refractivity contribution in [2.24, 2.45) is 22.7 Å². The second-order valence-corrected chi connectivity index (χ2v) is 9.24. The highest BCUT2D eigenvalue weighted by atomic mass is 16.3. The van der Waals surface area contributed by atoms with Gasteiger partial charge in [-0.25, -0.2) is 0 Å². The van der Waals surface area contributed by atoms with Crippen molar-refractivity contribution in [3.63, 3.8) is 0 Å². The van der Waals surface area contributed by atoms with Gasteiger partial charge in [-0.3, -0.25) is 0 Å². The lowest BCUT2D eigenvalue weighted by atomic mass is 9.45. The lowest BCUT2D eigenvalue weighted by Crippen LogP contribution is -2.57. The molecule has 23 heavy (non-hydrogen) atoms. The van der Waals surface area contributed by atoms with E-state index >= 15 is 0 Å². The Morgan fingerprint density at radius 3 is 2.43 bits per heavy atom. The van der Waals surface area contributed by atoms with E-state index in [9.17, 15) is 10.2 Å². The maximum atomic E-state index is 11.1. The van der Waals surface area contributed by atoms with Gasteiger partial charge in [-0.15, -0.1) is 0 Å². The van der Waals surface area contributed by atoms with E-state index < -0.39 is 11.7 Å². The van der Waals surface area contributed by atoms with Crippen LogP contribution in [0.25, 0.3) is 0 Å². The molecule has 0 aliphatic heterocycles. The fraction of sp³-hybridized carbons (Fsp3) is 0.900. The fourth-order valence-corrected chi connectivity index (χ4v) is 5.89. The summed E-state index contributed by atoms with van der Waals surface area (Å²) in [6.45, 7) is 12.8. The lowest BCUT2D eigenvalue weighted by molar-refractivity contribution is -0.169. The Labute approximate surface area is 141 Å². The zero-order chi connectivity index (χ0) is 17.5. The predicted octanol–water partition coefficient (Wildman–Crippen LogP) is 3.67. The van der Waals surface area contributed by atoms with Crippen molar-refractivity contribution in [2.45, 2.75) is 84.3 Å². The van der Waals surface area contributed by atoms with Crippen LogP contribution in [0.1, 0.15) is 72.6 Å². The van der Waals surface area contributed by atoms with E-state index in [0.29, 0.717) is 23.3 Å². The average molecular weight is 325 g/mol. The normalized spacial score (nSPS) is 41.2. The number of fused-ring (bicyclic) bond motifs is 1. The van der Waals surface area contributed by atoms with E-state index in [-0.39, 0.29) is 17.9 Å². The van der Waals surface area contributed by atoms with Crippen molar-refractivity contribution in [3.8, 4) is 0 Å². The van der Waals surface area contributed by atoms with E-state index in [0.717, 1.165) is 19.3 Å². The van der Waals surface area contributed by atoms with Crippen LogP contribution in [0.15, 0.2) is 12.2 Å². The second kappa shape index (κ2) is 6.50. The molecule has 0 saturated heterocycles. The van der Waals surface area contributed by atoms with Gasteiger partial charge >= 0.3 is 0 Å². The van der Waals surface area contributed by atoms with Crippen LogP contribution in [-0.2, 0) is 0 Å². The van der Waals surface area contributed by atoms with Crippen LogP contribution in [0, 0.1) is 22.7 Å². The molecule has 0 amide bonds. The Kier molecular flexibility index (Phi) is 5.35. The second-order valence-electron chi connectivity index (χ2n) is 9.24. The standard InChI is InChI=1S/C20H36O3/c1-14(15(22)13-21)7-8-17-19(4)11-6-10-18(2,3)16(19)9-12-20(17,5)23/h15-17,21-23H,1,6-13H2,2-5H3/t15-,16+,17-,19+,20-/m1/s1. The molecule has 3 heteroatoms. The average Bonchev–Trinajstić information content (AvgIpc) is 2.43. The molecule has 0 bridgehead atoms. The van der Waals surface area contributed by atoms with Crippen molar-refractivity contribution in [1.82, 2.24) is 0 Å². The summed E-state index contributed by atoms with van der Waals surface area (Å²) < 4.78 is 0. The quantitative estimate of drug-likeness (QED) is 0.676. The first-order chi connectivity index (χ1) is 10.5. The molecular formula is C20H36O3. The molecule has 2 fully saturated rings. The van der Waals surface area contributed by atoms with Gasteiger partial charge < -0.3 is 15.3 Å². The smallest absolute Gasteiger partial charge is 0.0978 e. The van der Waals surface area contributed by atoms with Crippen LogP contribution in [0.5, 0.6) is 0 Å². The summed E-state index contributed by atoms with van der Waals surface area (Å²) in [5, 5.41) is 29.9. The highest BCUT2D eigenvalue weighted by molar-refractivity contribution is 5.09. The molecule has 0 heterocycles. The van der Waals surface area contributed by atoms with E-state index in [1.54, 1.807) is 0 Å². The maximum absolute atomic E-state index is 11.1. The number of hydrogen-bond acceptors (Lipinski definition) is 3. The molecule has 0 aromatic rings. The molecule has 134 valence electrons. The van der Waals surface area contributed by atoms with Gasteiger partial charge in [0, 0.05) is 0 Å². The van der Waals surface area contributed by atoms with Gasteiger partial charge in [-0.1, -0.05) is 33.8 Å². The van der Waals surface area contributed by atoms with Gasteiger partial charge in [-0.05, 0) is 73.7 Å². The minimum Gasteiger partial charge on any atom is -0.393 e. The zero-order valence-corrected chi connectivity index (χ0v) is 15.4. The summed E-state index contributed by atoms with van der Waals surface area (Å²) in [6, 6.07) is 0. The summed E-state index contributed by atoms with van der Waals surface area (Å²) in [7, 11) is 0. The summed E-state index contributed by atoms with van der Waals surface area (Å²) in [5.74, 6) is 0.862. The SMILES string of the molecule is C=C(CC[C@@H]1[C@@]2(C)CCCC(C)(C)[C@@H]2CC[C@@]1(C)O)[C@H](O)CO. The maximum Gasteiger partial charge on any atom is 0.0978 e. The highest BCUT2D eigenvalue weighted by Gasteiger charge is 2.57. The van der Waals surface area contributed by atoms with Crippen molar-refractivity contribution in [3.05, 3.63) is 12.2 Å². The first-order valence-corrected chi connectivity index (χ1v) is 9.23. The van der Waals surface area contributed by atoms with Gasteiger partial charge in [0.25, 0.3) is 0 Å². The Morgan fingerprint density at radius 2 is 1.83 bits per heavy atom. The number of hydrogen-bond donors (Lipinski definition) is 3. The van der Waals surface area contributed by atoms with Crippen LogP contribution in [-0.4, -0.2) is 33.6 Å². The minimum atomic E-state index is -0.838. The van der Waals surface area contributed by atoms with Crippen molar-refractivity contribution in [1.29, 1.82) is 0 Å². The van der Waals surface area contributed by atoms with Crippen molar-refractivity contribution < 1.29 is 15.3 Å². The Hall–Kier alpha value is -0.380. The molecule has 3 N–H and O–H groups in total. The molecule has 2 rings (SSSR count). The first kappa shape index (κ1) is 19.0. The van der Waals surface area contributed by atoms with Gasteiger partial charge in [0.15, 0.2) is 0 Å². The molecule has 0 radical (unpaired) electrons. The first-order valence-electron chi connectivity index (χ1n) is 9.23. The molecule has 5 atom stereocenters. The summed E-state index contributed by atoms with van der Waals surface area (Å²) in [6.07, 6.45) is 6.32. The third kappa shape index (κ3) is 3.52. The third-order valence-corrected chi connectivity index (χ3v) is 7.16. The molecule has 2 aliphatic carbocycles. The Morgan fingerprint density at radius 1 is 1.17 bits per heavy atom. The molecule has 0 spiro atoms. The van der Waals surface area contributed by atoms with Crippen molar-refractivity contribution in [2.75, 3.05) is 6.61 Å². The van der Waals surface area contributed by atoms with E-state index in [4.69, 9.17) is 5.11 Å². The molecule has 2 saturated carbocycles. The fourth-order valence-electron chi connectivity index (χ4n) is 5.89. The molecule has 2 aliphatic rings. The Bertz CT molecular complexity index is 440. The lowest BCUT2D eigenvalue weighted by Gasteiger charge is -2.61. The molecule has 3 nitrogen and oxygen atoms in total. The monoisotopic (exact) mass is 324 g/mol. The minimum absolute atomic E-state index is 0.147. The summed E-state index contributed by atoms with van der Waals surface area (Å²) in [5.41, 5.74) is 0.518. The summed E-state index contributed by atoms with van der Waals surface area (Å²) >= 11 is 0. The van der Waals surface area contributed by atoms with Crippen molar-refractivity contribution >= 4 is 0 Å². The number of aliphatic hydroxyl groups is 3. The van der Waals surface area contributed by atoms with Crippen LogP contribution in [0.4, 0.5) is 0 Å². The van der Waals surface area contributed by atoms with Crippen LogP contribution in [0.3, 0.4) is 0 Å². The number of aliphatic hydroxyl groups excluding tert-OH is 2. The van der Waals surface area contributed by atoms with E-state index in [1.165, 1.54) is 19.3 Å². The molecular weight excluding hydrogens is 288 g/mol. The van der Waals surface area contributed by atoms with Gasteiger partial charge in [0.2, 0.25) is 0 Å². The number of rotatable bonds is 5. The van der Waals surface area contributed by atoms with Gasteiger partial charge in [-0.2, -0.15) is 0 Å². The highest BCUT2D eigenvalue weighted by Crippen LogP contribution is 2.62. The van der Waals surface area contributed by atoms with E-state index in [1.807, 2.05) is 6.92 Å². The predicted molar refractivity (Wildman–Crippen MR) is 94.0 cm³/mol. The zero-order valence-electron chi connectivity index (χ0n) is 15.4. The third-order valence-electron chi connectivity index (χ3n) is 7.16. The molecule has 0 unspecified atom stereocenters. The summed E-state index contributed by atoms with van der Waals surface area (Å²) in [4.78, 5) is 0. The van der Waals surface area contributed by atoms with Gasteiger partial charge in [0.05, 0.1) is 18.3 Å². The molecule has 0 aromatic carbocycles. The van der Waals surface area contributed by atoms with E-state index in [2.05, 4.69) is 27.4 Å². The largest absolute Gasteiger partial charge is 0.393 e.